The number of carbonyl (C=O) groups excluding carboxylic acids is 1. The molecule has 33 heavy (non-hydrogen) atoms. The predicted octanol–water partition coefficient (Wildman–Crippen LogP) is 4.04. The summed E-state index contributed by atoms with van der Waals surface area (Å²) in [4.78, 5) is 37.1. The zero-order chi connectivity index (χ0) is 22.5. The van der Waals surface area contributed by atoms with E-state index in [1.807, 2.05) is 53.4 Å². The molecule has 1 atom stereocenters. The van der Waals surface area contributed by atoms with E-state index in [1.165, 1.54) is 0 Å². The molecule has 0 spiro atoms. The number of hydrogen-bond acceptors (Lipinski definition) is 7. The molecule has 1 aromatic carbocycles. The van der Waals surface area contributed by atoms with Gasteiger partial charge in [-0.2, -0.15) is 0 Å². The summed E-state index contributed by atoms with van der Waals surface area (Å²) in [6.07, 6.45) is 8.14. The molecule has 1 aliphatic heterocycles. The molecule has 0 radical (unpaired) electrons. The molecule has 3 aromatic heterocycles. The van der Waals surface area contributed by atoms with Crippen molar-refractivity contribution in [2.75, 3.05) is 18.4 Å². The summed E-state index contributed by atoms with van der Waals surface area (Å²) in [5.41, 5.74) is 2.52. The highest BCUT2D eigenvalue weighted by molar-refractivity contribution is 5.88. The number of nitrogens with zero attached hydrogens (tertiary/aromatic N) is 6. The van der Waals surface area contributed by atoms with Gasteiger partial charge in [0.05, 0.1) is 17.3 Å². The predicted molar refractivity (Wildman–Crippen MR) is 126 cm³/mol. The third-order valence-electron chi connectivity index (χ3n) is 5.89. The van der Waals surface area contributed by atoms with E-state index in [4.69, 9.17) is 4.98 Å². The minimum absolute atomic E-state index is 0.0123. The molecular weight excluding hydrogens is 414 g/mol. The number of hydrogen-bond donors (Lipinski definition) is 1. The van der Waals surface area contributed by atoms with E-state index in [0.29, 0.717) is 18.8 Å². The summed E-state index contributed by atoms with van der Waals surface area (Å²) in [7, 11) is 0. The first-order valence-corrected chi connectivity index (χ1v) is 11.3. The van der Waals surface area contributed by atoms with Crippen molar-refractivity contribution < 1.29 is 4.79 Å². The van der Waals surface area contributed by atoms with E-state index in [0.717, 1.165) is 53.9 Å². The lowest BCUT2D eigenvalue weighted by Gasteiger charge is -2.24. The fraction of sp³-hybridized carbons (Fsp3) is 0.280. The van der Waals surface area contributed by atoms with Gasteiger partial charge in [-0.25, -0.2) is 19.9 Å². The van der Waals surface area contributed by atoms with Crippen molar-refractivity contribution in [1.82, 2.24) is 29.8 Å². The topological polar surface area (TPSA) is 96.8 Å². The quantitative estimate of drug-likeness (QED) is 0.434. The van der Waals surface area contributed by atoms with Crippen molar-refractivity contribution in [3.05, 3.63) is 72.9 Å². The Morgan fingerprint density at radius 1 is 1.00 bits per heavy atom. The maximum atomic E-state index is 13.0. The largest absolute Gasteiger partial charge is 0.369 e. The third kappa shape index (κ3) is 4.64. The van der Waals surface area contributed by atoms with Gasteiger partial charge in [-0.15, -0.1) is 0 Å². The molecule has 8 nitrogen and oxygen atoms in total. The van der Waals surface area contributed by atoms with Crippen LogP contribution in [0.5, 0.6) is 0 Å². The standard InChI is InChI=1S/C25H25N7O/c33-23(11-5-14-27-24-18-7-1-2-8-19(18)29-17-30-24)32-16-6-10-22(32)20-12-15-28-25(31-20)21-9-3-4-13-26-21/h1-4,7-9,12-13,15,17,22H,5-6,10-11,14,16H2,(H,27,29,30). The second kappa shape index (κ2) is 9.68. The number of amides is 1. The SMILES string of the molecule is O=C(CCCNc1ncnc2ccccc12)N1CCCC1c1ccnc(-c2ccccn2)n1. The highest BCUT2D eigenvalue weighted by Gasteiger charge is 2.30. The van der Waals surface area contributed by atoms with Crippen LogP contribution in [-0.2, 0) is 4.79 Å². The Bertz CT molecular complexity index is 1240. The molecule has 1 saturated heterocycles. The first kappa shape index (κ1) is 20.9. The number of nitrogens with one attached hydrogen (secondary N) is 1. The van der Waals surface area contributed by atoms with Gasteiger partial charge >= 0.3 is 0 Å². The summed E-state index contributed by atoms with van der Waals surface area (Å²) in [6.45, 7) is 1.43. The maximum absolute atomic E-state index is 13.0. The third-order valence-corrected chi connectivity index (χ3v) is 5.89. The minimum atomic E-state index is -0.0123. The highest BCUT2D eigenvalue weighted by atomic mass is 16.2. The van der Waals surface area contributed by atoms with Crippen molar-refractivity contribution >= 4 is 22.6 Å². The van der Waals surface area contributed by atoms with Gasteiger partial charge in [-0.05, 0) is 49.6 Å². The smallest absolute Gasteiger partial charge is 0.223 e. The van der Waals surface area contributed by atoms with Crippen LogP contribution in [0.3, 0.4) is 0 Å². The molecule has 1 amide bonds. The van der Waals surface area contributed by atoms with Crippen molar-refractivity contribution in [2.45, 2.75) is 31.7 Å². The zero-order valence-corrected chi connectivity index (χ0v) is 18.3. The monoisotopic (exact) mass is 439 g/mol. The average molecular weight is 440 g/mol. The molecule has 5 rings (SSSR count). The van der Waals surface area contributed by atoms with E-state index < -0.39 is 0 Å². The van der Waals surface area contributed by atoms with Crippen molar-refractivity contribution in [3.63, 3.8) is 0 Å². The highest BCUT2D eigenvalue weighted by Crippen LogP contribution is 2.32. The van der Waals surface area contributed by atoms with Crippen LogP contribution < -0.4 is 5.32 Å². The number of benzene rings is 1. The van der Waals surface area contributed by atoms with Gasteiger partial charge in [0, 0.05) is 37.3 Å². The molecule has 166 valence electrons. The zero-order valence-electron chi connectivity index (χ0n) is 18.3. The second-order valence-electron chi connectivity index (χ2n) is 8.04. The van der Waals surface area contributed by atoms with Crippen LogP contribution in [0.2, 0.25) is 0 Å². The van der Waals surface area contributed by atoms with Gasteiger partial charge < -0.3 is 10.2 Å². The Morgan fingerprint density at radius 2 is 1.91 bits per heavy atom. The number of rotatable bonds is 7. The average Bonchev–Trinajstić information content (AvgIpc) is 3.37. The van der Waals surface area contributed by atoms with Crippen LogP contribution in [0.4, 0.5) is 5.82 Å². The second-order valence-corrected chi connectivity index (χ2v) is 8.04. The summed E-state index contributed by atoms with van der Waals surface area (Å²) in [5.74, 6) is 1.55. The lowest BCUT2D eigenvalue weighted by atomic mass is 10.1. The summed E-state index contributed by atoms with van der Waals surface area (Å²) in [5, 5.41) is 4.34. The Morgan fingerprint density at radius 3 is 2.82 bits per heavy atom. The summed E-state index contributed by atoms with van der Waals surface area (Å²) >= 11 is 0. The van der Waals surface area contributed by atoms with Gasteiger partial charge in [0.25, 0.3) is 0 Å². The number of likely N-dealkylation sites (tertiary alicyclic amines) is 1. The summed E-state index contributed by atoms with van der Waals surface area (Å²) in [6, 6.07) is 15.5. The number of fused-ring (bicyclic) bond motifs is 1. The van der Waals surface area contributed by atoms with Crippen LogP contribution >= 0.6 is 0 Å². The number of anilines is 1. The van der Waals surface area contributed by atoms with Gasteiger partial charge in [0.15, 0.2) is 5.82 Å². The Kier molecular flexibility index (Phi) is 6.14. The molecular formula is C25H25N7O. The van der Waals surface area contributed by atoms with Crippen LogP contribution in [-0.4, -0.2) is 48.8 Å². The van der Waals surface area contributed by atoms with Crippen LogP contribution in [0.1, 0.15) is 37.4 Å². The summed E-state index contributed by atoms with van der Waals surface area (Å²) < 4.78 is 0. The molecule has 4 aromatic rings. The Balaban J connectivity index is 1.20. The van der Waals surface area contributed by atoms with E-state index in [2.05, 4.69) is 25.3 Å². The molecule has 0 bridgehead atoms. The normalized spacial score (nSPS) is 15.6. The molecule has 1 aliphatic rings. The lowest BCUT2D eigenvalue weighted by Crippen LogP contribution is -2.31. The molecule has 1 fully saturated rings. The number of pyridine rings is 1. The molecule has 0 aliphatic carbocycles. The fourth-order valence-electron chi connectivity index (χ4n) is 4.29. The number of carbonyl (C=O) groups is 1. The fourth-order valence-corrected chi connectivity index (χ4v) is 4.29. The van der Waals surface area contributed by atoms with E-state index in [1.54, 1.807) is 18.7 Å². The number of para-hydroxylation sites is 1. The van der Waals surface area contributed by atoms with Gasteiger partial charge in [-0.3, -0.25) is 9.78 Å². The van der Waals surface area contributed by atoms with E-state index in [9.17, 15) is 4.79 Å². The maximum Gasteiger partial charge on any atom is 0.223 e. The lowest BCUT2D eigenvalue weighted by molar-refractivity contribution is -0.132. The van der Waals surface area contributed by atoms with Crippen molar-refractivity contribution in [2.24, 2.45) is 0 Å². The Labute approximate surface area is 192 Å². The minimum Gasteiger partial charge on any atom is -0.369 e. The van der Waals surface area contributed by atoms with Crippen LogP contribution in [0.25, 0.3) is 22.4 Å². The van der Waals surface area contributed by atoms with Gasteiger partial charge in [0.2, 0.25) is 5.91 Å². The van der Waals surface area contributed by atoms with Crippen LogP contribution in [0, 0.1) is 0 Å². The molecule has 4 heterocycles. The first-order valence-electron chi connectivity index (χ1n) is 11.3. The van der Waals surface area contributed by atoms with Gasteiger partial charge in [-0.1, -0.05) is 18.2 Å². The first-order chi connectivity index (χ1) is 16.3. The van der Waals surface area contributed by atoms with Crippen molar-refractivity contribution in [3.8, 4) is 11.5 Å². The van der Waals surface area contributed by atoms with Gasteiger partial charge in [0.1, 0.15) is 17.8 Å². The molecule has 1 unspecified atom stereocenters. The molecule has 0 saturated carbocycles. The van der Waals surface area contributed by atoms with E-state index >= 15 is 0 Å². The van der Waals surface area contributed by atoms with Crippen LogP contribution in [0.15, 0.2) is 67.3 Å². The molecule has 8 heteroatoms. The molecule has 1 N–H and O–H groups in total. The number of aromatic nitrogens is 5. The Hall–Kier alpha value is -3.94. The van der Waals surface area contributed by atoms with E-state index in [-0.39, 0.29) is 11.9 Å². The van der Waals surface area contributed by atoms with Crippen molar-refractivity contribution in [1.29, 1.82) is 0 Å².